The summed E-state index contributed by atoms with van der Waals surface area (Å²) in [5.74, 6) is 0.858. The van der Waals surface area contributed by atoms with E-state index in [1.54, 1.807) is 48.0 Å². The highest BCUT2D eigenvalue weighted by atomic mass is 16.5. The van der Waals surface area contributed by atoms with Crippen LogP contribution < -0.4 is 15.4 Å². The summed E-state index contributed by atoms with van der Waals surface area (Å²) in [6, 6.07) is 17.7. The molecule has 4 aromatic rings. The molecule has 0 radical (unpaired) electrons. The summed E-state index contributed by atoms with van der Waals surface area (Å²) in [6.07, 6.45) is 0. The summed E-state index contributed by atoms with van der Waals surface area (Å²) in [6.45, 7) is 0. The van der Waals surface area contributed by atoms with Gasteiger partial charge in [-0.05, 0) is 42.5 Å². The maximum atomic E-state index is 11.8. The van der Waals surface area contributed by atoms with Crippen molar-refractivity contribution < 1.29 is 16.1 Å². The first-order valence-electron chi connectivity index (χ1n) is 8.91. The molecule has 0 saturated heterocycles. The summed E-state index contributed by atoms with van der Waals surface area (Å²) in [5.41, 5.74) is 3.38. The van der Waals surface area contributed by atoms with Gasteiger partial charge in [-0.1, -0.05) is 18.2 Å². The average molecular weight is 391 g/mol. The molecular formula is C21H21N5O3. The van der Waals surface area contributed by atoms with E-state index in [1.807, 2.05) is 24.3 Å². The van der Waals surface area contributed by atoms with Crippen LogP contribution >= 0.6 is 0 Å². The number of carbonyl (C=O) groups excluding carboxylic acids is 1. The van der Waals surface area contributed by atoms with Gasteiger partial charge in [0.2, 0.25) is 5.95 Å². The lowest BCUT2D eigenvalue weighted by Crippen LogP contribution is -2.17. The summed E-state index contributed by atoms with van der Waals surface area (Å²) >= 11 is 0. The molecule has 0 bridgehead atoms. The number of amides is 1. The van der Waals surface area contributed by atoms with Crippen molar-refractivity contribution in [2.75, 3.05) is 19.5 Å². The Kier molecular flexibility index (Phi) is 4.74. The van der Waals surface area contributed by atoms with E-state index < -0.39 is 0 Å². The second kappa shape index (κ2) is 7.51. The number of aromatic nitrogens is 3. The molecule has 0 saturated carbocycles. The second-order valence-electron chi connectivity index (χ2n) is 6.29. The standard InChI is InChI=1S/C21H19N5O3.H2/c1-22-20(28)14-9-10-16(18(12-14)29-2)23-21-24-19-8-4-7-17(26(19)25-21)13-5-3-6-15(27)11-13;/h3-12,27H,1-2H3,(H,22,28)(H,23,25);1H. The van der Waals surface area contributed by atoms with Crippen LogP contribution in [0.3, 0.4) is 0 Å². The van der Waals surface area contributed by atoms with Gasteiger partial charge in [0.25, 0.3) is 5.91 Å². The van der Waals surface area contributed by atoms with Gasteiger partial charge in [0, 0.05) is 19.6 Å². The van der Waals surface area contributed by atoms with Crippen LogP contribution in [0.15, 0.2) is 60.7 Å². The number of phenols is 1. The van der Waals surface area contributed by atoms with E-state index in [9.17, 15) is 9.90 Å². The molecule has 0 unspecified atom stereocenters. The summed E-state index contributed by atoms with van der Waals surface area (Å²) in [4.78, 5) is 16.3. The molecule has 2 heterocycles. The van der Waals surface area contributed by atoms with E-state index in [2.05, 4.69) is 20.7 Å². The lowest BCUT2D eigenvalue weighted by molar-refractivity contribution is 0.0963. The number of nitrogens with zero attached hydrogens (tertiary/aromatic N) is 3. The monoisotopic (exact) mass is 391 g/mol. The number of phenolic OH excluding ortho intramolecular Hbond substituents is 1. The minimum Gasteiger partial charge on any atom is -0.508 e. The van der Waals surface area contributed by atoms with Crippen molar-refractivity contribution in [3.05, 3.63) is 66.2 Å². The molecule has 2 aromatic heterocycles. The zero-order valence-corrected chi connectivity index (χ0v) is 15.9. The SMILES string of the molecule is CNC(=O)c1ccc(Nc2nc3cccc(-c4cccc(O)c4)n3n2)c(OC)c1.[HH]. The Balaban J connectivity index is 0.00000256. The minimum absolute atomic E-state index is 0. The normalized spacial score (nSPS) is 10.7. The third-order valence-electron chi connectivity index (χ3n) is 4.44. The van der Waals surface area contributed by atoms with E-state index in [-0.39, 0.29) is 13.1 Å². The van der Waals surface area contributed by atoms with E-state index in [0.717, 1.165) is 11.3 Å². The molecule has 0 aliphatic carbocycles. The molecule has 8 heteroatoms. The van der Waals surface area contributed by atoms with Crippen LogP contribution in [0.1, 0.15) is 11.8 Å². The fraction of sp³-hybridized carbons (Fsp3) is 0.0952. The summed E-state index contributed by atoms with van der Waals surface area (Å²) in [5, 5.41) is 20.0. The molecule has 0 fully saturated rings. The molecule has 1 amide bonds. The maximum absolute atomic E-state index is 11.8. The number of benzene rings is 2. The number of anilines is 2. The van der Waals surface area contributed by atoms with Gasteiger partial charge in [0.1, 0.15) is 11.5 Å². The zero-order valence-electron chi connectivity index (χ0n) is 15.9. The third-order valence-corrected chi connectivity index (χ3v) is 4.44. The first-order valence-corrected chi connectivity index (χ1v) is 8.91. The van der Waals surface area contributed by atoms with Crippen molar-refractivity contribution in [1.82, 2.24) is 19.9 Å². The van der Waals surface area contributed by atoms with Crippen molar-refractivity contribution in [2.45, 2.75) is 0 Å². The van der Waals surface area contributed by atoms with E-state index in [1.165, 1.54) is 7.11 Å². The van der Waals surface area contributed by atoms with E-state index in [0.29, 0.717) is 28.6 Å². The molecule has 2 aromatic carbocycles. The van der Waals surface area contributed by atoms with Gasteiger partial charge in [-0.15, -0.1) is 5.10 Å². The van der Waals surface area contributed by atoms with Crippen LogP contribution in [0.25, 0.3) is 16.9 Å². The fourth-order valence-electron chi connectivity index (χ4n) is 3.04. The van der Waals surface area contributed by atoms with Crippen LogP contribution in [-0.4, -0.2) is 39.8 Å². The van der Waals surface area contributed by atoms with Crippen LogP contribution in [0.4, 0.5) is 11.6 Å². The largest absolute Gasteiger partial charge is 0.508 e. The molecule has 29 heavy (non-hydrogen) atoms. The third kappa shape index (κ3) is 3.55. The number of methoxy groups -OCH3 is 1. The number of hydrogen-bond acceptors (Lipinski definition) is 6. The van der Waals surface area contributed by atoms with Gasteiger partial charge >= 0.3 is 0 Å². The molecule has 0 spiro atoms. The lowest BCUT2D eigenvalue weighted by Gasteiger charge is -2.10. The van der Waals surface area contributed by atoms with Crippen LogP contribution in [0.5, 0.6) is 11.5 Å². The smallest absolute Gasteiger partial charge is 0.251 e. The Morgan fingerprint density at radius 1 is 1.14 bits per heavy atom. The molecule has 0 atom stereocenters. The fourth-order valence-corrected chi connectivity index (χ4v) is 3.04. The molecule has 4 rings (SSSR count). The van der Waals surface area contributed by atoms with Crippen molar-refractivity contribution in [1.29, 1.82) is 0 Å². The van der Waals surface area contributed by atoms with Crippen LogP contribution in [0, 0.1) is 0 Å². The van der Waals surface area contributed by atoms with Gasteiger partial charge in [-0.3, -0.25) is 4.79 Å². The van der Waals surface area contributed by atoms with Gasteiger partial charge < -0.3 is 20.5 Å². The molecule has 0 aliphatic rings. The Bertz CT molecular complexity index is 1210. The lowest BCUT2D eigenvalue weighted by atomic mass is 10.1. The van der Waals surface area contributed by atoms with Gasteiger partial charge in [-0.2, -0.15) is 4.98 Å². The topological polar surface area (TPSA) is 101 Å². The van der Waals surface area contributed by atoms with Gasteiger partial charge in [0.05, 0.1) is 18.5 Å². The Hall–Kier alpha value is -4.07. The number of rotatable bonds is 5. The van der Waals surface area contributed by atoms with Crippen LogP contribution in [0.2, 0.25) is 0 Å². The van der Waals surface area contributed by atoms with Crippen molar-refractivity contribution in [3.8, 4) is 22.8 Å². The second-order valence-corrected chi connectivity index (χ2v) is 6.29. The zero-order chi connectivity index (χ0) is 20.4. The highest BCUT2D eigenvalue weighted by Gasteiger charge is 2.13. The first-order chi connectivity index (χ1) is 14.1. The highest BCUT2D eigenvalue weighted by molar-refractivity contribution is 5.95. The minimum atomic E-state index is -0.198. The number of hydrogen-bond donors (Lipinski definition) is 3. The van der Waals surface area contributed by atoms with E-state index in [4.69, 9.17) is 4.74 Å². The summed E-state index contributed by atoms with van der Waals surface area (Å²) in [7, 11) is 3.11. The maximum Gasteiger partial charge on any atom is 0.251 e. The molecule has 148 valence electrons. The van der Waals surface area contributed by atoms with Crippen molar-refractivity contribution in [3.63, 3.8) is 0 Å². The number of carbonyl (C=O) groups is 1. The van der Waals surface area contributed by atoms with Crippen molar-refractivity contribution >= 4 is 23.2 Å². The van der Waals surface area contributed by atoms with Gasteiger partial charge in [-0.25, -0.2) is 4.52 Å². The predicted molar refractivity (Wildman–Crippen MR) is 112 cm³/mol. The first kappa shape index (κ1) is 18.3. The van der Waals surface area contributed by atoms with Crippen LogP contribution in [-0.2, 0) is 0 Å². The molecular weight excluding hydrogens is 370 g/mol. The number of ether oxygens (including phenoxy) is 1. The quantitative estimate of drug-likeness (QED) is 0.482. The Labute approximate surface area is 168 Å². The molecule has 0 aliphatic heterocycles. The summed E-state index contributed by atoms with van der Waals surface area (Å²) < 4.78 is 7.10. The number of aromatic hydroxyl groups is 1. The molecule has 3 N–H and O–H groups in total. The molecule has 8 nitrogen and oxygen atoms in total. The predicted octanol–water partition coefficient (Wildman–Crippen LogP) is 3.46. The number of nitrogens with one attached hydrogen (secondary N) is 2. The van der Waals surface area contributed by atoms with Crippen molar-refractivity contribution in [2.24, 2.45) is 0 Å². The Morgan fingerprint density at radius 3 is 2.72 bits per heavy atom. The van der Waals surface area contributed by atoms with E-state index >= 15 is 0 Å². The number of pyridine rings is 1. The highest BCUT2D eigenvalue weighted by Crippen LogP contribution is 2.29. The Morgan fingerprint density at radius 2 is 1.97 bits per heavy atom. The average Bonchev–Trinajstić information content (AvgIpc) is 3.16. The number of fused-ring (bicyclic) bond motifs is 1. The van der Waals surface area contributed by atoms with Gasteiger partial charge in [0.15, 0.2) is 5.65 Å².